The lowest BCUT2D eigenvalue weighted by atomic mass is 10.1. The van der Waals surface area contributed by atoms with Crippen LogP contribution in [-0.4, -0.2) is 37.6 Å². The van der Waals surface area contributed by atoms with Gasteiger partial charge < -0.3 is 15.0 Å². The van der Waals surface area contributed by atoms with Gasteiger partial charge in [0, 0.05) is 26.1 Å². The van der Waals surface area contributed by atoms with Crippen molar-refractivity contribution >= 4 is 17.5 Å². The maximum Gasteiger partial charge on any atom is 0.418 e. The van der Waals surface area contributed by atoms with Crippen molar-refractivity contribution in [2.75, 3.05) is 24.6 Å². The van der Waals surface area contributed by atoms with Gasteiger partial charge in [-0.25, -0.2) is 0 Å². The van der Waals surface area contributed by atoms with Crippen LogP contribution in [0.25, 0.3) is 0 Å². The maximum atomic E-state index is 13.1. The first-order valence-corrected chi connectivity index (χ1v) is 8.22. The largest absolute Gasteiger partial charge is 0.418 e. The van der Waals surface area contributed by atoms with E-state index in [1.807, 2.05) is 0 Å². The molecule has 2 fully saturated rings. The number of carbonyl (C=O) groups excluding carboxylic acids is 2. The first kappa shape index (κ1) is 17.7. The molecule has 25 heavy (non-hydrogen) atoms. The van der Waals surface area contributed by atoms with E-state index in [1.165, 1.54) is 18.2 Å². The molecule has 2 atom stereocenters. The molecule has 5 nitrogen and oxygen atoms in total. The van der Waals surface area contributed by atoms with Gasteiger partial charge in [0.05, 0.1) is 23.3 Å². The van der Waals surface area contributed by atoms with Crippen LogP contribution >= 0.6 is 0 Å². The number of hydrogen-bond acceptors (Lipinski definition) is 3. The Balaban J connectivity index is 1.67. The maximum absolute atomic E-state index is 13.1. The van der Waals surface area contributed by atoms with Crippen molar-refractivity contribution in [3.05, 3.63) is 29.8 Å². The summed E-state index contributed by atoms with van der Waals surface area (Å²) in [5.74, 6) is -1.46. The van der Waals surface area contributed by atoms with Crippen molar-refractivity contribution in [3.8, 4) is 0 Å². The number of ether oxygens (including phenoxy) is 1. The average molecular weight is 356 g/mol. The minimum atomic E-state index is -4.56. The minimum Gasteiger partial charge on any atom is -0.376 e. The zero-order valence-electron chi connectivity index (χ0n) is 13.5. The number of carbonyl (C=O) groups is 2. The highest BCUT2D eigenvalue weighted by molar-refractivity contribution is 6.00. The fourth-order valence-corrected chi connectivity index (χ4v) is 3.23. The van der Waals surface area contributed by atoms with Crippen LogP contribution in [0.4, 0.5) is 18.9 Å². The number of benzene rings is 1. The lowest BCUT2D eigenvalue weighted by Crippen LogP contribution is -2.37. The highest BCUT2D eigenvalue weighted by atomic mass is 19.4. The standard InChI is InChI=1S/C17H19F3N2O3/c18-17(19,20)13-5-1-2-6-14(13)22-10-11(8-15(22)23)16(24)21-9-12-4-3-7-25-12/h1-2,5-6,11-12H,3-4,7-10H2,(H,21,24). The van der Waals surface area contributed by atoms with Crippen molar-refractivity contribution in [2.24, 2.45) is 5.92 Å². The van der Waals surface area contributed by atoms with E-state index in [1.54, 1.807) is 0 Å². The molecule has 2 saturated heterocycles. The quantitative estimate of drug-likeness (QED) is 0.901. The molecule has 1 N–H and O–H groups in total. The summed E-state index contributed by atoms with van der Waals surface area (Å²) in [6.45, 7) is 0.983. The third-order valence-electron chi connectivity index (χ3n) is 4.52. The Morgan fingerprint density at radius 2 is 2.08 bits per heavy atom. The molecule has 0 saturated carbocycles. The Kier molecular flexibility index (Phi) is 4.99. The fraction of sp³-hybridized carbons (Fsp3) is 0.529. The Morgan fingerprint density at radius 1 is 1.32 bits per heavy atom. The van der Waals surface area contributed by atoms with E-state index in [4.69, 9.17) is 4.74 Å². The molecular weight excluding hydrogens is 337 g/mol. The fourth-order valence-electron chi connectivity index (χ4n) is 3.23. The van der Waals surface area contributed by atoms with E-state index in [-0.39, 0.29) is 30.7 Å². The van der Waals surface area contributed by atoms with Crippen molar-refractivity contribution in [2.45, 2.75) is 31.5 Å². The number of hydrogen-bond donors (Lipinski definition) is 1. The normalized spacial score (nSPS) is 24.0. The number of nitrogens with zero attached hydrogens (tertiary/aromatic N) is 1. The number of alkyl halides is 3. The van der Waals surface area contributed by atoms with E-state index < -0.39 is 23.6 Å². The van der Waals surface area contributed by atoms with Crippen LogP contribution in [0, 0.1) is 5.92 Å². The molecule has 2 amide bonds. The van der Waals surface area contributed by atoms with Gasteiger partial charge in [-0.15, -0.1) is 0 Å². The predicted octanol–water partition coefficient (Wildman–Crippen LogP) is 2.35. The van der Waals surface area contributed by atoms with Gasteiger partial charge in [-0.2, -0.15) is 13.2 Å². The summed E-state index contributed by atoms with van der Waals surface area (Å²) in [6.07, 6.45) is -2.86. The van der Waals surface area contributed by atoms with Gasteiger partial charge in [0.15, 0.2) is 0 Å². The Labute approximate surface area is 143 Å². The van der Waals surface area contributed by atoms with Crippen LogP contribution in [-0.2, 0) is 20.5 Å². The highest BCUT2D eigenvalue weighted by Crippen LogP contribution is 2.38. The average Bonchev–Trinajstić information content (AvgIpc) is 3.21. The molecule has 0 aliphatic carbocycles. The van der Waals surface area contributed by atoms with Gasteiger partial charge in [0.1, 0.15) is 0 Å². The van der Waals surface area contributed by atoms with E-state index in [0.717, 1.165) is 23.8 Å². The number of anilines is 1. The highest BCUT2D eigenvalue weighted by Gasteiger charge is 2.40. The van der Waals surface area contributed by atoms with Gasteiger partial charge in [-0.3, -0.25) is 9.59 Å². The van der Waals surface area contributed by atoms with E-state index in [2.05, 4.69) is 5.32 Å². The monoisotopic (exact) mass is 356 g/mol. The molecular formula is C17H19F3N2O3. The topological polar surface area (TPSA) is 58.6 Å². The van der Waals surface area contributed by atoms with E-state index >= 15 is 0 Å². The Morgan fingerprint density at radius 3 is 2.76 bits per heavy atom. The van der Waals surface area contributed by atoms with Crippen LogP contribution in [0.3, 0.4) is 0 Å². The van der Waals surface area contributed by atoms with Crippen molar-refractivity contribution in [1.82, 2.24) is 5.32 Å². The molecule has 0 aromatic heterocycles. The van der Waals surface area contributed by atoms with Crippen molar-refractivity contribution < 1.29 is 27.5 Å². The molecule has 136 valence electrons. The van der Waals surface area contributed by atoms with E-state index in [0.29, 0.717) is 13.2 Å². The third kappa shape index (κ3) is 3.95. The number of amides is 2. The zero-order chi connectivity index (χ0) is 18.0. The van der Waals surface area contributed by atoms with Gasteiger partial charge in [-0.05, 0) is 25.0 Å². The zero-order valence-corrected chi connectivity index (χ0v) is 13.5. The smallest absolute Gasteiger partial charge is 0.376 e. The lowest BCUT2D eigenvalue weighted by Gasteiger charge is -2.21. The second-order valence-electron chi connectivity index (χ2n) is 6.30. The second-order valence-corrected chi connectivity index (χ2v) is 6.30. The summed E-state index contributed by atoms with van der Waals surface area (Å²) in [5, 5.41) is 2.74. The summed E-state index contributed by atoms with van der Waals surface area (Å²) in [5.41, 5.74) is -1.07. The summed E-state index contributed by atoms with van der Waals surface area (Å²) in [4.78, 5) is 25.5. The van der Waals surface area contributed by atoms with Gasteiger partial charge in [-0.1, -0.05) is 12.1 Å². The van der Waals surface area contributed by atoms with Crippen molar-refractivity contribution in [1.29, 1.82) is 0 Å². The molecule has 2 unspecified atom stereocenters. The Bertz CT molecular complexity index is 657. The molecule has 1 aromatic carbocycles. The van der Waals surface area contributed by atoms with Crippen LogP contribution in [0.1, 0.15) is 24.8 Å². The molecule has 2 aliphatic heterocycles. The van der Waals surface area contributed by atoms with Crippen LogP contribution < -0.4 is 10.2 Å². The number of halogens is 3. The second kappa shape index (κ2) is 7.03. The number of para-hydroxylation sites is 1. The summed E-state index contributed by atoms with van der Waals surface area (Å²) < 4.78 is 44.9. The lowest BCUT2D eigenvalue weighted by molar-refractivity contribution is -0.137. The molecule has 3 rings (SSSR count). The van der Waals surface area contributed by atoms with Crippen LogP contribution in [0.5, 0.6) is 0 Å². The van der Waals surface area contributed by atoms with Crippen molar-refractivity contribution in [3.63, 3.8) is 0 Å². The summed E-state index contributed by atoms with van der Waals surface area (Å²) in [6, 6.07) is 4.92. The minimum absolute atomic E-state index is 0.0249. The molecule has 1 aromatic rings. The predicted molar refractivity (Wildman–Crippen MR) is 83.9 cm³/mol. The number of nitrogens with one attached hydrogen (secondary N) is 1. The molecule has 0 radical (unpaired) electrons. The number of rotatable bonds is 4. The summed E-state index contributed by atoms with van der Waals surface area (Å²) >= 11 is 0. The molecule has 2 aliphatic rings. The molecule has 2 heterocycles. The van der Waals surface area contributed by atoms with E-state index in [9.17, 15) is 22.8 Å². The summed E-state index contributed by atoms with van der Waals surface area (Å²) in [7, 11) is 0. The van der Waals surface area contributed by atoms with Gasteiger partial charge in [0.25, 0.3) is 0 Å². The third-order valence-corrected chi connectivity index (χ3v) is 4.52. The van der Waals surface area contributed by atoms with Crippen LogP contribution in [0.15, 0.2) is 24.3 Å². The molecule has 0 spiro atoms. The Hall–Kier alpha value is -2.09. The first-order valence-electron chi connectivity index (χ1n) is 8.22. The van der Waals surface area contributed by atoms with Gasteiger partial charge in [0.2, 0.25) is 11.8 Å². The molecule has 0 bridgehead atoms. The van der Waals surface area contributed by atoms with Crippen LogP contribution in [0.2, 0.25) is 0 Å². The molecule has 8 heteroatoms. The van der Waals surface area contributed by atoms with Gasteiger partial charge >= 0.3 is 6.18 Å². The first-order chi connectivity index (χ1) is 11.9. The SMILES string of the molecule is O=C(NCC1CCCO1)C1CC(=O)N(c2ccccc2C(F)(F)F)C1.